The number of carbonyl (C=O) groups is 2. The number of halogens is 2. The largest absolute Gasteiger partial charge is 0.480 e. The third-order valence-corrected chi connectivity index (χ3v) is 3.06. The molecule has 0 saturated carbocycles. The summed E-state index contributed by atoms with van der Waals surface area (Å²) in [4.78, 5) is 24.0. The van der Waals surface area contributed by atoms with Gasteiger partial charge in [-0.25, -0.2) is 4.79 Å². The van der Waals surface area contributed by atoms with E-state index >= 15 is 0 Å². The van der Waals surface area contributed by atoms with Crippen LogP contribution in [0, 0.1) is 0 Å². The van der Waals surface area contributed by atoms with Crippen molar-refractivity contribution in [3.05, 3.63) is 28.2 Å². The van der Waals surface area contributed by atoms with Gasteiger partial charge in [-0.2, -0.15) is 0 Å². The molecule has 1 unspecified atom stereocenters. The summed E-state index contributed by atoms with van der Waals surface area (Å²) in [5.74, 6) is -1.25. The van der Waals surface area contributed by atoms with Gasteiger partial charge in [-0.1, -0.05) is 23.2 Å². The molecule has 0 bridgehead atoms. The molecule has 1 aliphatic rings. The Morgan fingerprint density at radius 2 is 1.88 bits per heavy atom. The first kappa shape index (κ1) is 12.2. The average Bonchev–Trinajstić information content (AvgIpc) is 2.58. The lowest BCUT2D eigenvalue weighted by Crippen LogP contribution is -2.38. The van der Waals surface area contributed by atoms with E-state index in [-0.39, 0.29) is 12.3 Å². The number of anilines is 1. The summed E-state index contributed by atoms with van der Waals surface area (Å²) in [7, 11) is 0. The zero-order chi connectivity index (χ0) is 12.6. The molecule has 17 heavy (non-hydrogen) atoms. The first-order valence-corrected chi connectivity index (χ1v) is 5.75. The molecule has 2 rings (SSSR count). The highest BCUT2D eigenvalue weighted by Gasteiger charge is 2.37. The first-order valence-electron chi connectivity index (χ1n) is 5.00. The van der Waals surface area contributed by atoms with Gasteiger partial charge in [0.1, 0.15) is 6.04 Å². The van der Waals surface area contributed by atoms with Crippen LogP contribution in [-0.2, 0) is 9.59 Å². The Kier molecular flexibility index (Phi) is 3.26. The van der Waals surface area contributed by atoms with E-state index in [1.165, 1.54) is 23.1 Å². The van der Waals surface area contributed by atoms with E-state index in [0.717, 1.165) is 0 Å². The fourth-order valence-corrected chi connectivity index (χ4v) is 2.43. The van der Waals surface area contributed by atoms with Gasteiger partial charge in [0, 0.05) is 22.2 Å². The highest BCUT2D eigenvalue weighted by Crippen LogP contribution is 2.31. The number of hydrogen-bond acceptors (Lipinski definition) is 2. The molecular weight excluding hydrogens is 265 g/mol. The molecule has 1 heterocycles. The van der Waals surface area contributed by atoms with Gasteiger partial charge in [0.25, 0.3) is 0 Å². The van der Waals surface area contributed by atoms with Gasteiger partial charge in [-0.15, -0.1) is 0 Å². The van der Waals surface area contributed by atoms with Crippen molar-refractivity contribution in [3.63, 3.8) is 0 Å². The van der Waals surface area contributed by atoms with Crippen LogP contribution in [0.4, 0.5) is 5.69 Å². The molecule has 1 fully saturated rings. The quantitative estimate of drug-likeness (QED) is 0.901. The maximum Gasteiger partial charge on any atom is 0.326 e. The van der Waals surface area contributed by atoms with E-state index in [9.17, 15) is 9.59 Å². The van der Waals surface area contributed by atoms with Crippen molar-refractivity contribution in [2.75, 3.05) is 4.90 Å². The Balaban J connectivity index is 2.42. The number of carboxylic acid groups (broad SMARTS) is 1. The van der Waals surface area contributed by atoms with Crippen LogP contribution in [-0.4, -0.2) is 23.0 Å². The Hall–Kier alpha value is -1.26. The Morgan fingerprint density at radius 3 is 2.41 bits per heavy atom. The number of rotatable bonds is 2. The lowest BCUT2D eigenvalue weighted by atomic mass is 10.2. The summed E-state index contributed by atoms with van der Waals surface area (Å²) in [6, 6.07) is 3.76. The summed E-state index contributed by atoms with van der Waals surface area (Å²) in [5, 5.41) is 9.78. The van der Waals surface area contributed by atoms with Gasteiger partial charge >= 0.3 is 5.97 Å². The van der Waals surface area contributed by atoms with Gasteiger partial charge in [-0.05, 0) is 24.6 Å². The van der Waals surface area contributed by atoms with Crippen molar-refractivity contribution in [2.45, 2.75) is 18.9 Å². The van der Waals surface area contributed by atoms with Crippen molar-refractivity contribution in [3.8, 4) is 0 Å². The van der Waals surface area contributed by atoms with Crippen molar-refractivity contribution in [1.82, 2.24) is 0 Å². The average molecular weight is 274 g/mol. The van der Waals surface area contributed by atoms with Crippen LogP contribution in [0.5, 0.6) is 0 Å². The standard InChI is InChI=1S/C11H9Cl2NO3/c12-6-3-7(13)5-8(4-6)14-9(11(16)17)1-2-10(14)15/h3-5,9H,1-2H2,(H,16,17). The second kappa shape index (κ2) is 4.55. The molecular formula is C11H9Cl2NO3. The van der Waals surface area contributed by atoms with Gasteiger partial charge in [0.05, 0.1) is 0 Å². The lowest BCUT2D eigenvalue weighted by molar-refractivity contribution is -0.138. The Labute approximate surface area is 108 Å². The van der Waals surface area contributed by atoms with Gasteiger partial charge in [0.15, 0.2) is 0 Å². The number of hydrogen-bond donors (Lipinski definition) is 1. The number of nitrogens with zero attached hydrogens (tertiary/aromatic N) is 1. The molecule has 1 atom stereocenters. The first-order chi connectivity index (χ1) is 7.99. The molecule has 0 radical (unpaired) electrons. The minimum Gasteiger partial charge on any atom is -0.480 e. The van der Waals surface area contributed by atoms with Gasteiger partial charge in [0.2, 0.25) is 5.91 Å². The predicted molar refractivity (Wildman–Crippen MR) is 64.6 cm³/mol. The smallest absolute Gasteiger partial charge is 0.326 e. The monoisotopic (exact) mass is 273 g/mol. The van der Waals surface area contributed by atoms with E-state index in [1.54, 1.807) is 0 Å². The molecule has 6 heteroatoms. The van der Waals surface area contributed by atoms with E-state index in [4.69, 9.17) is 28.3 Å². The number of amides is 1. The van der Waals surface area contributed by atoms with Crippen molar-refractivity contribution in [1.29, 1.82) is 0 Å². The SMILES string of the molecule is O=C(O)C1CCC(=O)N1c1cc(Cl)cc(Cl)c1. The van der Waals surface area contributed by atoms with Crippen molar-refractivity contribution >= 4 is 40.8 Å². The number of carboxylic acids is 1. The zero-order valence-corrected chi connectivity index (χ0v) is 10.2. The lowest BCUT2D eigenvalue weighted by Gasteiger charge is -2.22. The topological polar surface area (TPSA) is 57.6 Å². The molecule has 4 nitrogen and oxygen atoms in total. The number of benzene rings is 1. The molecule has 1 N–H and O–H groups in total. The molecule has 0 aliphatic carbocycles. The van der Waals surface area contributed by atoms with Gasteiger partial charge < -0.3 is 5.11 Å². The zero-order valence-electron chi connectivity index (χ0n) is 8.69. The predicted octanol–water partition coefficient (Wildman–Crippen LogP) is 2.57. The maximum atomic E-state index is 11.7. The van der Waals surface area contributed by atoms with Crippen LogP contribution in [0.1, 0.15) is 12.8 Å². The highest BCUT2D eigenvalue weighted by molar-refractivity contribution is 6.35. The van der Waals surface area contributed by atoms with Crippen molar-refractivity contribution in [2.24, 2.45) is 0 Å². The van der Waals surface area contributed by atoms with Crippen LogP contribution in [0.3, 0.4) is 0 Å². The highest BCUT2D eigenvalue weighted by atomic mass is 35.5. The van der Waals surface area contributed by atoms with E-state index in [0.29, 0.717) is 22.2 Å². The summed E-state index contributed by atoms with van der Waals surface area (Å²) < 4.78 is 0. The summed E-state index contributed by atoms with van der Waals surface area (Å²) in [6.07, 6.45) is 0.527. The molecule has 90 valence electrons. The molecule has 0 spiro atoms. The van der Waals surface area contributed by atoms with Crippen LogP contribution in [0.15, 0.2) is 18.2 Å². The fraction of sp³-hybridized carbons (Fsp3) is 0.273. The Bertz CT molecular complexity index is 469. The van der Waals surface area contributed by atoms with Crippen LogP contribution >= 0.6 is 23.2 Å². The van der Waals surface area contributed by atoms with Crippen LogP contribution < -0.4 is 4.90 Å². The number of carbonyl (C=O) groups excluding carboxylic acids is 1. The summed E-state index contributed by atoms with van der Waals surface area (Å²) >= 11 is 11.7. The van der Waals surface area contributed by atoms with E-state index in [2.05, 4.69) is 0 Å². The van der Waals surface area contributed by atoms with Crippen LogP contribution in [0.25, 0.3) is 0 Å². The Morgan fingerprint density at radius 1 is 1.29 bits per heavy atom. The molecule has 1 saturated heterocycles. The summed E-state index contributed by atoms with van der Waals surface area (Å²) in [6.45, 7) is 0. The minimum absolute atomic E-state index is 0.223. The number of aliphatic carboxylic acids is 1. The second-order valence-electron chi connectivity index (χ2n) is 3.78. The van der Waals surface area contributed by atoms with Gasteiger partial charge in [-0.3, -0.25) is 9.69 Å². The third kappa shape index (κ3) is 2.37. The third-order valence-electron chi connectivity index (χ3n) is 2.62. The second-order valence-corrected chi connectivity index (χ2v) is 4.66. The molecule has 1 aromatic carbocycles. The fourth-order valence-electron chi connectivity index (χ4n) is 1.92. The van der Waals surface area contributed by atoms with Crippen LogP contribution in [0.2, 0.25) is 10.0 Å². The molecule has 1 aromatic rings. The molecule has 1 amide bonds. The normalized spacial score (nSPS) is 19.8. The summed E-state index contributed by atoms with van der Waals surface area (Å²) in [5.41, 5.74) is 0.428. The molecule has 1 aliphatic heterocycles. The minimum atomic E-state index is -1.02. The molecule has 0 aromatic heterocycles. The van der Waals surface area contributed by atoms with Crippen molar-refractivity contribution < 1.29 is 14.7 Å². The van der Waals surface area contributed by atoms with E-state index < -0.39 is 12.0 Å². The maximum absolute atomic E-state index is 11.7. The van der Waals surface area contributed by atoms with E-state index in [1.807, 2.05) is 0 Å².